The van der Waals surface area contributed by atoms with Crippen molar-refractivity contribution < 1.29 is 19.1 Å². The zero-order chi connectivity index (χ0) is 20.9. The lowest BCUT2D eigenvalue weighted by molar-refractivity contribution is -0.143. The normalized spacial score (nSPS) is 19.1. The first kappa shape index (κ1) is 22.5. The Balaban J connectivity index is 1.74. The summed E-state index contributed by atoms with van der Waals surface area (Å²) in [6, 6.07) is 0. The van der Waals surface area contributed by atoms with Gasteiger partial charge in [0, 0.05) is 58.2 Å². The van der Waals surface area contributed by atoms with Crippen LogP contribution in [0.5, 0.6) is 0 Å². The van der Waals surface area contributed by atoms with E-state index in [1.54, 1.807) is 4.90 Å². The van der Waals surface area contributed by atoms with E-state index >= 15 is 0 Å². The summed E-state index contributed by atoms with van der Waals surface area (Å²) in [5.41, 5.74) is -0.507. The van der Waals surface area contributed by atoms with Crippen molar-refractivity contribution in [3.63, 3.8) is 0 Å². The Morgan fingerprint density at radius 1 is 0.893 bits per heavy atom. The molecule has 2 heterocycles. The summed E-state index contributed by atoms with van der Waals surface area (Å²) in [4.78, 5) is 44.6. The molecule has 2 fully saturated rings. The van der Waals surface area contributed by atoms with Crippen molar-refractivity contribution in [2.24, 2.45) is 5.92 Å². The average molecular weight is 397 g/mol. The van der Waals surface area contributed by atoms with Crippen LogP contribution in [-0.2, 0) is 14.3 Å². The molecule has 0 N–H and O–H groups in total. The quantitative estimate of drug-likeness (QED) is 0.715. The smallest absolute Gasteiger partial charge is 0.410 e. The van der Waals surface area contributed by atoms with Gasteiger partial charge in [0.2, 0.25) is 11.8 Å². The van der Waals surface area contributed by atoms with Crippen molar-refractivity contribution in [3.05, 3.63) is 0 Å². The van der Waals surface area contributed by atoms with Gasteiger partial charge < -0.3 is 24.3 Å². The summed E-state index contributed by atoms with van der Waals surface area (Å²) in [6.45, 7) is 9.81. The fraction of sp³-hybridized carbons (Fsp3) is 0.850. The number of nitrogens with zero attached hydrogens (tertiary/aromatic N) is 4. The van der Waals surface area contributed by atoms with Gasteiger partial charge in [0.05, 0.1) is 0 Å². The number of amides is 3. The summed E-state index contributed by atoms with van der Waals surface area (Å²) < 4.78 is 5.41. The first-order chi connectivity index (χ1) is 13.1. The minimum absolute atomic E-state index is 0.0466. The van der Waals surface area contributed by atoms with Crippen molar-refractivity contribution in [3.8, 4) is 0 Å². The number of hydrogen-bond donors (Lipinski definition) is 0. The molecule has 0 atom stereocenters. The Kier molecular flexibility index (Phi) is 7.69. The van der Waals surface area contributed by atoms with Gasteiger partial charge in [-0.2, -0.15) is 0 Å². The highest BCUT2D eigenvalue weighted by atomic mass is 16.6. The third-order valence-corrected chi connectivity index (χ3v) is 5.21. The van der Waals surface area contributed by atoms with Gasteiger partial charge in [-0.15, -0.1) is 0 Å². The van der Waals surface area contributed by atoms with Crippen LogP contribution in [0, 0.1) is 5.92 Å². The lowest BCUT2D eigenvalue weighted by Crippen LogP contribution is -2.53. The molecule has 0 saturated carbocycles. The first-order valence-electron chi connectivity index (χ1n) is 10.3. The summed E-state index contributed by atoms with van der Waals surface area (Å²) in [6.07, 6.45) is 1.55. The molecule has 0 radical (unpaired) electrons. The molecule has 8 heteroatoms. The second-order valence-corrected chi connectivity index (χ2v) is 9.00. The SMILES string of the molecule is CN(C)CCC(=O)N1CCN(C(=O)C2CCN(C(=O)OC(C)(C)C)CC2)CC1. The number of likely N-dealkylation sites (tertiary alicyclic amines) is 1. The molecule has 2 rings (SSSR count). The van der Waals surface area contributed by atoms with Gasteiger partial charge in [-0.3, -0.25) is 9.59 Å². The molecule has 0 aromatic rings. The number of piperazine rings is 1. The molecule has 0 spiro atoms. The summed E-state index contributed by atoms with van der Waals surface area (Å²) in [5.74, 6) is 0.269. The van der Waals surface area contributed by atoms with Crippen molar-refractivity contribution in [2.75, 3.05) is 59.9 Å². The van der Waals surface area contributed by atoms with Crippen LogP contribution in [-0.4, -0.2) is 103 Å². The second-order valence-electron chi connectivity index (χ2n) is 9.00. The predicted octanol–water partition coefficient (Wildman–Crippen LogP) is 1.26. The molecule has 0 aromatic heterocycles. The molecule has 0 unspecified atom stereocenters. The van der Waals surface area contributed by atoms with Crippen molar-refractivity contribution in [1.29, 1.82) is 0 Å². The van der Waals surface area contributed by atoms with Gasteiger partial charge in [-0.25, -0.2) is 4.79 Å². The number of ether oxygens (including phenoxy) is 1. The van der Waals surface area contributed by atoms with Crippen LogP contribution >= 0.6 is 0 Å². The number of piperidine rings is 1. The van der Waals surface area contributed by atoms with Gasteiger partial charge >= 0.3 is 6.09 Å². The lowest BCUT2D eigenvalue weighted by Gasteiger charge is -2.38. The fourth-order valence-electron chi connectivity index (χ4n) is 3.55. The maximum Gasteiger partial charge on any atom is 0.410 e. The first-order valence-corrected chi connectivity index (χ1v) is 10.3. The molecule has 28 heavy (non-hydrogen) atoms. The Bertz CT molecular complexity index is 557. The third-order valence-electron chi connectivity index (χ3n) is 5.21. The van der Waals surface area contributed by atoms with E-state index in [0.717, 1.165) is 6.54 Å². The van der Waals surface area contributed by atoms with Gasteiger partial charge in [-0.1, -0.05) is 0 Å². The second kappa shape index (κ2) is 9.58. The molecule has 3 amide bonds. The number of carbonyl (C=O) groups excluding carboxylic acids is 3. The van der Waals surface area contributed by atoms with E-state index < -0.39 is 5.60 Å². The van der Waals surface area contributed by atoms with Crippen LogP contribution in [0.3, 0.4) is 0 Å². The maximum atomic E-state index is 12.8. The van der Waals surface area contributed by atoms with Gasteiger partial charge in [0.25, 0.3) is 0 Å². The zero-order valence-electron chi connectivity index (χ0n) is 18.1. The molecule has 8 nitrogen and oxygen atoms in total. The summed E-state index contributed by atoms with van der Waals surface area (Å²) >= 11 is 0. The number of hydrogen-bond acceptors (Lipinski definition) is 5. The molecule has 0 aliphatic carbocycles. The zero-order valence-corrected chi connectivity index (χ0v) is 18.1. The summed E-state index contributed by atoms with van der Waals surface area (Å²) in [7, 11) is 3.91. The van der Waals surface area contributed by atoms with Crippen LogP contribution in [0.4, 0.5) is 4.79 Å². The molecular weight excluding hydrogens is 360 g/mol. The Morgan fingerprint density at radius 3 is 1.93 bits per heavy atom. The van der Waals surface area contributed by atoms with Crippen LogP contribution in [0.1, 0.15) is 40.0 Å². The average Bonchev–Trinajstić information content (AvgIpc) is 2.64. The lowest BCUT2D eigenvalue weighted by atomic mass is 9.95. The number of carbonyl (C=O) groups is 3. The minimum atomic E-state index is -0.507. The van der Waals surface area contributed by atoms with Crippen LogP contribution in [0.15, 0.2) is 0 Å². The fourth-order valence-corrected chi connectivity index (χ4v) is 3.55. The van der Waals surface area contributed by atoms with E-state index in [0.29, 0.717) is 58.5 Å². The molecular formula is C20H36N4O4. The molecule has 0 bridgehead atoms. The van der Waals surface area contributed by atoms with Crippen molar-refractivity contribution in [2.45, 2.75) is 45.6 Å². The van der Waals surface area contributed by atoms with E-state index in [2.05, 4.69) is 0 Å². The van der Waals surface area contributed by atoms with Crippen LogP contribution < -0.4 is 0 Å². The van der Waals surface area contributed by atoms with Crippen molar-refractivity contribution in [1.82, 2.24) is 19.6 Å². The van der Waals surface area contributed by atoms with E-state index in [1.165, 1.54) is 0 Å². The van der Waals surface area contributed by atoms with Crippen LogP contribution in [0.2, 0.25) is 0 Å². The Labute approximate surface area is 168 Å². The largest absolute Gasteiger partial charge is 0.444 e. The van der Waals surface area contributed by atoms with Gasteiger partial charge in [0.15, 0.2) is 0 Å². The highest BCUT2D eigenvalue weighted by Crippen LogP contribution is 2.22. The predicted molar refractivity (Wildman–Crippen MR) is 107 cm³/mol. The Morgan fingerprint density at radius 2 is 1.43 bits per heavy atom. The summed E-state index contributed by atoms with van der Waals surface area (Å²) in [5, 5.41) is 0. The van der Waals surface area contributed by atoms with E-state index in [9.17, 15) is 14.4 Å². The highest BCUT2D eigenvalue weighted by Gasteiger charge is 2.33. The molecule has 2 saturated heterocycles. The Hall–Kier alpha value is -1.83. The maximum absolute atomic E-state index is 12.8. The number of rotatable bonds is 4. The van der Waals surface area contributed by atoms with Gasteiger partial charge in [-0.05, 0) is 47.7 Å². The van der Waals surface area contributed by atoms with E-state index in [4.69, 9.17) is 4.74 Å². The van der Waals surface area contributed by atoms with Crippen molar-refractivity contribution >= 4 is 17.9 Å². The van der Waals surface area contributed by atoms with Gasteiger partial charge in [0.1, 0.15) is 5.60 Å². The topological polar surface area (TPSA) is 73.4 Å². The molecule has 2 aliphatic heterocycles. The standard InChI is InChI=1S/C20H36N4O4/c1-20(2,3)28-19(27)24-10-6-16(7-11-24)18(26)23-14-12-22(13-15-23)17(25)8-9-21(4)5/h16H,6-15H2,1-5H3. The molecule has 0 aromatic carbocycles. The van der Waals surface area contributed by atoms with E-state index in [-0.39, 0.29) is 23.8 Å². The van der Waals surface area contributed by atoms with Crippen LogP contribution in [0.25, 0.3) is 0 Å². The monoisotopic (exact) mass is 396 g/mol. The highest BCUT2D eigenvalue weighted by molar-refractivity contribution is 5.80. The van der Waals surface area contributed by atoms with E-state index in [1.807, 2.05) is 49.6 Å². The molecule has 160 valence electrons. The third kappa shape index (κ3) is 6.65. The minimum Gasteiger partial charge on any atom is -0.444 e. The molecule has 2 aliphatic rings.